The average molecular weight is 409 g/mol. The molecule has 0 saturated carbocycles. The molecule has 0 atom stereocenters. The number of benzene rings is 1. The van der Waals surface area contributed by atoms with Gasteiger partial charge in [0.25, 0.3) is 0 Å². The summed E-state index contributed by atoms with van der Waals surface area (Å²) in [4.78, 5) is 10.8. The number of hydrogen-bond donors (Lipinski definition) is 1. The van der Waals surface area contributed by atoms with E-state index in [0.29, 0.717) is 5.82 Å². The largest absolute Gasteiger partial charge is 0.382 e. The van der Waals surface area contributed by atoms with Gasteiger partial charge in [-0.05, 0) is 44.9 Å². The number of aromatic nitrogens is 3. The first kappa shape index (κ1) is 21.4. The van der Waals surface area contributed by atoms with Crippen LogP contribution in [0.25, 0.3) is 21.9 Å². The van der Waals surface area contributed by atoms with Gasteiger partial charge in [-0.2, -0.15) is 0 Å². The van der Waals surface area contributed by atoms with Crippen molar-refractivity contribution in [3.8, 4) is 0 Å². The van der Waals surface area contributed by atoms with Crippen molar-refractivity contribution in [2.24, 2.45) is 0 Å². The average Bonchev–Trinajstić information content (AvgIpc) is 3.10. The number of para-hydroxylation sites is 1. The summed E-state index contributed by atoms with van der Waals surface area (Å²) in [5, 5.41) is 1.14. The highest BCUT2D eigenvalue weighted by Crippen LogP contribution is 2.30. The van der Waals surface area contributed by atoms with Crippen molar-refractivity contribution in [3.63, 3.8) is 0 Å². The molecule has 3 rings (SSSR count). The van der Waals surface area contributed by atoms with Crippen LogP contribution in [0.15, 0.2) is 47.4 Å². The van der Waals surface area contributed by atoms with Crippen LogP contribution in [0.5, 0.6) is 0 Å². The maximum atomic E-state index is 6.28. The number of allylic oxidation sites excluding steroid dienone is 3. The normalized spacial score (nSPS) is 12.6. The fourth-order valence-electron chi connectivity index (χ4n) is 3.63. The Kier molecular flexibility index (Phi) is 7.76. The van der Waals surface area contributed by atoms with Gasteiger partial charge in [-0.25, -0.2) is 9.97 Å². The van der Waals surface area contributed by atoms with Crippen LogP contribution in [-0.2, 0) is 13.0 Å². The van der Waals surface area contributed by atoms with Crippen LogP contribution in [0.4, 0.5) is 5.82 Å². The summed E-state index contributed by atoms with van der Waals surface area (Å²) >= 11 is 1.93. The van der Waals surface area contributed by atoms with E-state index >= 15 is 0 Å². The van der Waals surface area contributed by atoms with Crippen LogP contribution in [-0.4, -0.2) is 20.3 Å². The topological polar surface area (TPSA) is 56.7 Å². The summed E-state index contributed by atoms with van der Waals surface area (Å²) < 4.78 is 2.40. The van der Waals surface area contributed by atoms with Crippen LogP contribution in [0.3, 0.4) is 0 Å². The maximum absolute atomic E-state index is 6.28. The minimum atomic E-state index is 0.537. The lowest BCUT2D eigenvalue weighted by Gasteiger charge is -2.11. The molecule has 154 valence electrons. The van der Waals surface area contributed by atoms with Gasteiger partial charge in [0.1, 0.15) is 11.3 Å². The van der Waals surface area contributed by atoms with Gasteiger partial charge in [0.15, 0.2) is 5.82 Å². The number of anilines is 1. The SMILES string of the molecule is C/C=C\C(=C/C)SCCCCn1c(CCCC)nc2c(N)nc3ccccc3c21. The standard InChI is InChI=1S/C24H32N4S/c1-4-7-15-21-27-22-23(19-13-8-9-14-20(19)26-24(22)25)28(21)16-10-11-17-29-18(6-3)12-5-2/h5-6,8-9,12-14H,4,7,10-11,15-17H2,1-3H3,(H2,25,26)/b12-5-,18-6+. The van der Waals surface area contributed by atoms with Crippen LogP contribution >= 0.6 is 11.8 Å². The fraction of sp³-hybridized carbons (Fsp3) is 0.417. The first-order valence-electron chi connectivity index (χ1n) is 10.6. The number of pyridine rings is 1. The summed E-state index contributed by atoms with van der Waals surface area (Å²) in [6.07, 6.45) is 12.0. The fourth-order valence-corrected chi connectivity index (χ4v) is 4.61. The van der Waals surface area contributed by atoms with Crippen molar-refractivity contribution in [2.45, 2.75) is 59.4 Å². The molecule has 3 aromatic rings. The highest BCUT2D eigenvalue weighted by Gasteiger charge is 2.16. The van der Waals surface area contributed by atoms with Crippen LogP contribution < -0.4 is 5.73 Å². The van der Waals surface area contributed by atoms with Crippen LogP contribution in [0.2, 0.25) is 0 Å². The van der Waals surface area contributed by atoms with Crippen LogP contribution in [0, 0.1) is 0 Å². The molecule has 2 aromatic heterocycles. The molecule has 29 heavy (non-hydrogen) atoms. The molecule has 0 aliphatic rings. The van der Waals surface area contributed by atoms with Crippen LogP contribution in [0.1, 0.15) is 52.3 Å². The van der Waals surface area contributed by atoms with E-state index < -0.39 is 0 Å². The Morgan fingerprint density at radius 2 is 1.97 bits per heavy atom. The number of nitrogens with zero attached hydrogens (tertiary/aromatic N) is 3. The summed E-state index contributed by atoms with van der Waals surface area (Å²) in [6.45, 7) is 7.36. The Hall–Kier alpha value is -2.27. The van der Waals surface area contributed by atoms with Gasteiger partial charge in [0.05, 0.1) is 11.0 Å². The molecule has 0 spiro atoms. The van der Waals surface area contributed by atoms with Crippen molar-refractivity contribution in [1.29, 1.82) is 0 Å². The molecule has 4 nitrogen and oxygen atoms in total. The first-order chi connectivity index (χ1) is 14.2. The summed E-state index contributed by atoms with van der Waals surface area (Å²) in [6, 6.07) is 8.25. The molecule has 0 fully saturated rings. The van der Waals surface area contributed by atoms with Gasteiger partial charge in [-0.3, -0.25) is 0 Å². The molecule has 1 aromatic carbocycles. The zero-order chi connectivity index (χ0) is 20.6. The van der Waals surface area contributed by atoms with Gasteiger partial charge in [-0.1, -0.05) is 49.8 Å². The Bertz CT molecular complexity index is 1020. The number of nitrogen functional groups attached to an aromatic ring is 1. The van der Waals surface area contributed by atoms with E-state index in [1.165, 1.54) is 11.3 Å². The Morgan fingerprint density at radius 1 is 1.14 bits per heavy atom. The molecule has 0 bridgehead atoms. The summed E-state index contributed by atoms with van der Waals surface area (Å²) in [7, 11) is 0. The van der Waals surface area contributed by atoms with E-state index in [4.69, 9.17) is 10.7 Å². The third-order valence-electron chi connectivity index (χ3n) is 5.10. The molecule has 0 aliphatic heterocycles. The van der Waals surface area contributed by atoms with E-state index in [0.717, 1.165) is 65.7 Å². The molecule has 2 heterocycles. The second-order valence-corrected chi connectivity index (χ2v) is 8.41. The Labute approximate surface area is 178 Å². The lowest BCUT2D eigenvalue weighted by molar-refractivity contribution is 0.607. The number of aryl methyl sites for hydroxylation is 2. The second-order valence-electron chi connectivity index (χ2n) is 7.24. The van der Waals surface area contributed by atoms with E-state index in [2.05, 4.69) is 60.7 Å². The molecule has 0 amide bonds. The number of thioether (sulfide) groups is 1. The van der Waals surface area contributed by atoms with E-state index in [1.807, 2.05) is 23.9 Å². The summed E-state index contributed by atoms with van der Waals surface area (Å²) in [5.74, 6) is 2.81. The predicted molar refractivity (Wildman–Crippen MR) is 128 cm³/mol. The molecule has 5 heteroatoms. The van der Waals surface area contributed by atoms with Gasteiger partial charge in [-0.15, -0.1) is 11.8 Å². The number of unbranched alkanes of at least 4 members (excludes halogenated alkanes) is 2. The Balaban J connectivity index is 1.84. The third kappa shape index (κ3) is 5.02. The van der Waals surface area contributed by atoms with E-state index in [-0.39, 0.29) is 0 Å². The van der Waals surface area contributed by atoms with Crippen molar-refractivity contribution in [3.05, 3.63) is 53.2 Å². The van der Waals surface area contributed by atoms with Crippen molar-refractivity contribution < 1.29 is 0 Å². The maximum Gasteiger partial charge on any atom is 0.152 e. The van der Waals surface area contributed by atoms with Crippen molar-refractivity contribution in [1.82, 2.24) is 14.5 Å². The quantitative estimate of drug-likeness (QED) is 0.307. The molecular formula is C24H32N4S. The van der Waals surface area contributed by atoms with Gasteiger partial charge in [0, 0.05) is 23.3 Å². The van der Waals surface area contributed by atoms with Gasteiger partial charge >= 0.3 is 0 Å². The number of rotatable bonds is 10. The van der Waals surface area contributed by atoms with Gasteiger partial charge in [0.2, 0.25) is 0 Å². The predicted octanol–water partition coefficient (Wildman–Crippen LogP) is 6.50. The second kappa shape index (κ2) is 10.5. The lowest BCUT2D eigenvalue weighted by Crippen LogP contribution is -2.05. The highest BCUT2D eigenvalue weighted by molar-refractivity contribution is 8.03. The summed E-state index contributed by atoms with van der Waals surface area (Å²) in [5.41, 5.74) is 9.23. The molecule has 0 radical (unpaired) electrons. The number of imidazole rings is 1. The molecule has 0 aliphatic carbocycles. The molecule has 2 N–H and O–H groups in total. The first-order valence-corrected chi connectivity index (χ1v) is 11.6. The highest BCUT2D eigenvalue weighted by atomic mass is 32.2. The zero-order valence-electron chi connectivity index (χ0n) is 17.8. The van der Waals surface area contributed by atoms with Crippen molar-refractivity contribution in [2.75, 3.05) is 11.5 Å². The minimum Gasteiger partial charge on any atom is -0.382 e. The molecule has 0 saturated heterocycles. The van der Waals surface area contributed by atoms with E-state index in [9.17, 15) is 0 Å². The number of hydrogen-bond acceptors (Lipinski definition) is 4. The van der Waals surface area contributed by atoms with Gasteiger partial charge < -0.3 is 10.3 Å². The number of fused-ring (bicyclic) bond motifs is 3. The monoisotopic (exact) mass is 408 g/mol. The zero-order valence-corrected chi connectivity index (χ0v) is 18.6. The Morgan fingerprint density at radius 3 is 2.72 bits per heavy atom. The third-order valence-corrected chi connectivity index (χ3v) is 6.30. The minimum absolute atomic E-state index is 0.537. The van der Waals surface area contributed by atoms with E-state index in [1.54, 1.807) is 0 Å². The number of nitrogens with two attached hydrogens (primary N) is 1. The lowest BCUT2D eigenvalue weighted by atomic mass is 10.2. The molecule has 0 unspecified atom stereocenters. The molecular weight excluding hydrogens is 376 g/mol. The smallest absolute Gasteiger partial charge is 0.152 e. The van der Waals surface area contributed by atoms with Crippen molar-refractivity contribution >= 4 is 39.5 Å².